The zero-order chi connectivity index (χ0) is 75.3. The van der Waals surface area contributed by atoms with E-state index in [1.165, 1.54) is 225 Å². The van der Waals surface area contributed by atoms with E-state index in [9.17, 15) is 43.2 Å². The standard InChI is InChI=1S/C83H162O17P2/c1-9-73(5)59-51-43-35-29-25-21-17-15-13-14-16-18-24-28-32-39-49-57-65-82(87)99-78(69-93-80(85)63-55-47-38-31-27-23-20-19-22-26-30-36-44-52-60-74(6)10-2)71-97-101(89,90)95-67-77(84)68-96-102(91,92)98-72-79(70-94-81(86)64-56-48-42-41-46-54-62-76(8)12-4)100-83(88)66-58-50-40-34-33-37-45-53-61-75(7)11-3/h73-79,84H,9-72H2,1-8H3,(H,89,90)(H,91,92)/t73?,74?,75?,76?,77-,78-,79-/m1/s1. The molecule has 0 fully saturated rings. The van der Waals surface area contributed by atoms with Gasteiger partial charge in [0.15, 0.2) is 12.2 Å². The van der Waals surface area contributed by atoms with Gasteiger partial charge < -0.3 is 33.8 Å². The van der Waals surface area contributed by atoms with Crippen molar-refractivity contribution in [3.63, 3.8) is 0 Å². The van der Waals surface area contributed by atoms with Crippen molar-refractivity contribution in [2.24, 2.45) is 23.7 Å². The average Bonchev–Trinajstić information content (AvgIpc) is 0.911. The fourth-order valence-corrected chi connectivity index (χ4v) is 14.2. The summed E-state index contributed by atoms with van der Waals surface area (Å²) in [6.45, 7) is 14.3. The van der Waals surface area contributed by atoms with E-state index in [0.29, 0.717) is 25.7 Å². The number of unbranched alkanes of at least 4 members (excludes halogenated alkanes) is 42. The molecular formula is C83H162O17P2. The third-order valence-corrected chi connectivity index (χ3v) is 22.7. The molecule has 0 heterocycles. The summed E-state index contributed by atoms with van der Waals surface area (Å²) >= 11 is 0. The van der Waals surface area contributed by atoms with Crippen LogP contribution in [0.4, 0.5) is 0 Å². The van der Waals surface area contributed by atoms with E-state index in [1.54, 1.807) is 0 Å². The lowest BCUT2D eigenvalue weighted by Crippen LogP contribution is -2.30. The Bertz CT molecular complexity index is 2000. The van der Waals surface area contributed by atoms with E-state index in [0.717, 1.165) is 120 Å². The molecule has 0 aliphatic rings. The van der Waals surface area contributed by atoms with Crippen LogP contribution in [0.25, 0.3) is 0 Å². The van der Waals surface area contributed by atoms with E-state index >= 15 is 0 Å². The lowest BCUT2D eigenvalue weighted by Gasteiger charge is -2.21. The van der Waals surface area contributed by atoms with Gasteiger partial charge in [0.1, 0.15) is 19.3 Å². The highest BCUT2D eigenvalue weighted by Gasteiger charge is 2.30. The van der Waals surface area contributed by atoms with Crippen molar-refractivity contribution in [1.29, 1.82) is 0 Å². The number of hydrogen-bond donors (Lipinski definition) is 3. The van der Waals surface area contributed by atoms with Crippen LogP contribution in [-0.2, 0) is 65.4 Å². The largest absolute Gasteiger partial charge is 0.472 e. The van der Waals surface area contributed by atoms with Gasteiger partial charge in [0.2, 0.25) is 0 Å². The van der Waals surface area contributed by atoms with Gasteiger partial charge in [-0.05, 0) is 49.4 Å². The lowest BCUT2D eigenvalue weighted by molar-refractivity contribution is -0.161. The number of carbonyl (C=O) groups is 4. The van der Waals surface area contributed by atoms with Gasteiger partial charge in [-0.2, -0.15) is 0 Å². The highest BCUT2D eigenvalue weighted by molar-refractivity contribution is 7.47. The second kappa shape index (κ2) is 72.0. The van der Waals surface area contributed by atoms with Crippen molar-refractivity contribution >= 4 is 39.5 Å². The van der Waals surface area contributed by atoms with E-state index in [-0.39, 0.29) is 25.7 Å². The van der Waals surface area contributed by atoms with Gasteiger partial charge in [0.25, 0.3) is 0 Å². The molecule has 3 N–H and O–H groups in total. The molecule has 0 aromatic carbocycles. The van der Waals surface area contributed by atoms with Crippen LogP contribution < -0.4 is 0 Å². The van der Waals surface area contributed by atoms with Crippen molar-refractivity contribution in [2.45, 2.75) is 446 Å². The number of aliphatic hydroxyl groups excluding tert-OH is 1. The number of carbonyl (C=O) groups excluding carboxylic acids is 4. The third kappa shape index (κ3) is 71.0. The predicted octanol–water partition coefficient (Wildman–Crippen LogP) is 24.8. The molecule has 0 aliphatic carbocycles. The van der Waals surface area contributed by atoms with E-state index < -0.39 is 97.5 Å². The van der Waals surface area contributed by atoms with Gasteiger partial charge in [0.05, 0.1) is 26.4 Å². The van der Waals surface area contributed by atoms with Crippen LogP contribution >= 0.6 is 15.6 Å². The summed E-state index contributed by atoms with van der Waals surface area (Å²) in [4.78, 5) is 73.1. The van der Waals surface area contributed by atoms with Crippen LogP contribution in [0.15, 0.2) is 0 Å². The monoisotopic (exact) mass is 1490 g/mol. The van der Waals surface area contributed by atoms with Gasteiger partial charge in [-0.15, -0.1) is 0 Å². The first kappa shape index (κ1) is 100. The van der Waals surface area contributed by atoms with Crippen LogP contribution in [0.2, 0.25) is 0 Å². The Kier molecular flexibility index (Phi) is 70.6. The number of phosphoric acid groups is 2. The summed E-state index contributed by atoms with van der Waals surface area (Å²) < 4.78 is 68.7. The summed E-state index contributed by atoms with van der Waals surface area (Å²) in [7, 11) is -9.92. The number of ether oxygens (including phenoxy) is 4. The average molecular weight is 1490 g/mol. The van der Waals surface area contributed by atoms with Crippen LogP contribution in [0.3, 0.4) is 0 Å². The highest BCUT2D eigenvalue weighted by atomic mass is 31.2. The number of phosphoric ester groups is 2. The third-order valence-electron chi connectivity index (χ3n) is 20.8. The second-order valence-corrected chi connectivity index (χ2v) is 33.7. The molecule has 0 amide bonds. The maximum absolute atomic E-state index is 13.1. The molecule has 0 radical (unpaired) electrons. The first-order chi connectivity index (χ1) is 49.2. The topological polar surface area (TPSA) is 237 Å². The Labute approximate surface area is 626 Å². The van der Waals surface area contributed by atoms with Crippen LogP contribution in [0.1, 0.15) is 428 Å². The number of esters is 4. The van der Waals surface area contributed by atoms with Crippen molar-refractivity contribution in [2.75, 3.05) is 39.6 Å². The summed E-state index contributed by atoms with van der Waals surface area (Å²) in [6.07, 6.45) is 59.7. The molecule has 19 heteroatoms. The quantitative estimate of drug-likeness (QED) is 0.0222. The van der Waals surface area contributed by atoms with Crippen molar-refractivity contribution < 1.29 is 80.2 Å². The zero-order valence-electron chi connectivity index (χ0n) is 67.2. The van der Waals surface area contributed by atoms with Crippen LogP contribution in [-0.4, -0.2) is 96.7 Å². The number of rotatable bonds is 80. The molecular weight excluding hydrogens is 1330 g/mol. The number of hydrogen-bond acceptors (Lipinski definition) is 15. The Morgan fingerprint density at radius 2 is 0.441 bits per heavy atom. The summed E-state index contributed by atoms with van der Waals surface area (Å²) in [5.74, 6) is 1.11. The number of aliphatic hydroxyl groups is 1. The van der Waals surface area contributed by atoms with Crippen LogP contribution in [0, 0.1) is 23.7 Å². The van der Waals surface area contributed by atoms with E-state index in [2.05, 4.69) is 55.4 Å². The minimum absolute atomic E-state index is 0.104. The Balaban J connectivity index is 5.22. The van der Waals surface area contributed by atoms with E-state index in [4.69, 9.17) is 37.0 Å². The SMILES string of the molecule is CCC(C)CCCCCCCCCCCCCCCCCCCCC(=O)O[C@H](COC(=O)CCCCCCCCCCCCCCCCC(C)CC)COP(=O)(O)OC[C@@H](O)COP(=O)(O)OC[C@@H](COC(=O)CCCCCCCCC(C)CC)OC(=O)CCCCCCCCCCC(C)CC. The van der Waals surface area contributed by atoms with Gasteiger partial charge in [-0.25, -0.2) is 9.13 Å². The van der Waals surface area contributed by atoms with Gasteiger partial charge in [-0.1, -0.05) is 376 Å². The molecule has 9 atom stereocenters. The molecule has 606 valence electrons. The minimum atomic E-state index is -4.96. The van der Waals surface area contributed by atoms with Crippen molar-refractivity contribution in [3.05, 3.63) is 0 Å². The maximum atomic E-state index is 13.1. The second-order valence-electron chi connectivity index (χ2n) is 30.8. The molecule has 0 aliphatic heterocycles. The Hall–Kier alpha value is -1.94. The maximum Gasteiger partial charge on any atom is 0.472 e. The lowest BCUT2D eigenvalue weighted by atomic mass is 9.99. The van der Waals surface area contributed by atoms with E-state index in [1.807, 2.05) is 0 Å². The smallest absolute Gasteiger partial charge is 0.462 e. The summed E-state index contributed by atoms with van der Waals surface area (Å²) in [5.41, 5.74) is 0. The fraction of sp³-hybridized carbons (Fsp3) is 0.952. The van der Waals surface area contributed by atoms with Crippen molar-refractivity contribution in [1.82, 2.24) is 0 Å². The van der Waals surface area contributed by atoms with Crippen LogP contribution in [0.5, 0.6) is 0 Å². The highest BCUT2D eigenvalue weighted by Crippen LogP contribution is 2.45. The van der Waals surface area contributed by atoms with Gasteiger partial charge >= 0.3 is 39.5 Å². The molecule has 0 saturated carbocycles. The molecule has 0 saturated heterocycles. The first-order valence-electron chi connectivity index (χ1n) is 42.9. The fourth-order valence-electron chi connectivity index (χ4n) is 12.7. The predicted molar refractivity (Wildman–Crippen MR) is 418 cm³/mol. The zero-order valence-corrected chi connectivity index (χ0v) is 69.0. The Morgan fingerprint density at radius 1 is 0.265 bits per heavy atom. The molecule has 17 nitrogen and oxygen atoms in total. The molecule has 0 spiro atoms. The molecule has 102 heavy (non-hydrogen) atoms. The Morgan fingerprint density at radius 3 is 0.647 bits per heavy atom. The summed E-state index contributed by atoms with van der Waals surface area (Å²) in [5, 5.41) is 10.6. The van der Waals surface area contributed by atoms with Gasteiger partial charge in [0, 0.05) is 25.7 Å². The normalized spacial score (nSPS) is 15.0. The molecule has 0 rings (SSSR count). The molecule has 6 unspecified atom stereocenters. The summed E-state index contributed by atoms with van der Waals surface area (Å²) in [6, 6.07) is 0. The van der Waals surface area contributed by atoms with Gasteiger partial charge in [-0.3, -0.25) is 37.3 Å². The molecule has 0 aromatic heterocycles. The molecule has 0 bridgehead atoms. The molecule has 0 aromatic rings. The first-order valence-corrected chi connectivity index (χ1v) is 45.8. The van der Waals surface area contributed by atoms with Crippen molar-refractivity contribution in [3.8, 4) is 0 Å². The minimum Gasteiger partial charge on any atom is -0.462 e.